The van der Waals surface area contributed by atoms with Crippen molar-refractivity contribution in [2.75, 3.05) is 0 Å². The molecule has 0 aliphatic rings. The molecule has 45 heavy (non-hydrogen) atoms. The predicted octanol–water partition coefficient (Wildman–Crippen LogP) is 12.6. The van der Waals surface area contributed by atoms with E-state index in [0.29, 0.717) is 0 Å². The highest BCUT2D eigenvalue weighted by Crippen LogP contribution is 2.45. The monoisotopic (exact) mass is 600 g/mol. The third kappa shape index (κ3) is 4.24. The van der Waals surface area contributed by atoms with E-state index in [2.05, 4.69) is 0 Å². The van der Waals surface area contributed by atoms with E-state index >= 15 is 0 Å². The van der Waals surface area contributed by atoms with Gasteiger partial charge in [-0.2, -0.15) is 0 Å². The van der Waals surface area contributed by atoms with Gasteiger partial charge >= 0.3 is 0 Å². The van der Waals surface area contributed by atoms with Crippen molar-refractivity contribution in [2.24, 2.45) is 0 Å². The second-order valence-corrected chi connectivity index (χ2v) is 9.51. The van der Waals surface area contributed by atoms with E-state index in [1.54, 1.807) is 0 Å². The number of fused-ring (bicyclic) bond motifs is 5. The normalized spacial score (nSPS) is 20.3. The first kappa shape index (κ1) is 10.1. The summed E-state index contributed by atoms with van der Waals surface area (Å²) in [6.45, 7) is 0. The second-order valence-electron chi connectivity index (χ2n) is 9.51. The summed E-state index contributed by atoms with van der Waals surface area (Å²) in [5.74, 6) is 0. The van der Waals surface area contributed by atoms with Gasteiger partial charge in [0, 0.05) is 10.8 Å². The topological polar surface area (TPSA) is 13.1 Å². The summed E-state index contributed by atoms with van der Waals surface area (Å²) in [6.07, 6.45) is 0. The lowest BCUT2D eigenvalue weighted by Crippen LogP contribution is -1.91. The Labute approximate surface area is 301 Å². The minimum atomic E-state index is -1.05. The summed E-state index contributed by atoms with van der Waals surface area (Å²) in [5.41, 5.74) is -7.43. The van der Waals surface area contributed by atoms with Crippen molar-refractivity contribution in [1.82, 2.24) is 0 Å². The summed E-state index contributed by atoms with van der Waals surface area (Å²) in [4.78, 5) is 0. The molecule has 0 aliphatic heterocycles. The molecule has 0 unspecified atom stereocenters. The Bertz CT molecular complexity index is 3980. The number of furan rings is 1. The van der Waals surface area contributed by atoms with Crippen LogP contribution in [0.15, 0.2) is 174 Å². The summed E-state index contributed by atoms with van der Waals surface area (Å²) in [6, 6.07) is -26.4. The highest BCUT2D eigenvalue weighted by atomic mass is 16.3. The van der Waals surface area contributed by atoms with Gasteiger partial charge in [0.25, 0.3) is 0 Å². The van der Waals surface area contributed by atoms with Crippen LogP contribution in [-0.4, -0.2) is 0 Å². The molecule has 0 atom stereocenters. The third-order valence-electron chi connectivity index (χ3n) is 7.01. The Balaban J connectivity index is 1.55. The van der Waals surface area contributed by atoms with Crippen molar-refractivity contribution >= 4 is 43.5 Å². The summed E-state index contributed by atoms with van der Waals surface area (Å²) in [5, 5.41) is -4.17. The van der Waals surface area contributed by atoms with Gasteiger partial charge in [0.05, 0.1) is 38.4 Å². The molecule has 0 spiro atoms. The molecule has 1 heteroatoms. The largest absolute Gasteiger partial charge is 0.456 e. The highest BCUT2D eigenvalue weighted by molar-refractivity contribution is 6.22. The quantitative estimate of drug-likeness (QED) is 0.183. The van der Waals surface area contributed by atoms with Gasteiger partial charge < -0.3 is 4.42 Å². The van der Waals surface area contributed by atoms with Crippen LogP contribution in [0.5, 0.6) is 0 Å². The smallest absolute Gasteiger partial charge is 0.136 e. The van der Waals surface area contributed by atoms with Gasteiger partial charge in [-0.3, -0.25) is 0 Å². The molecular formula is C44H28O. The molecule has 0 aliphatic carbocycles. The average Bonchev–Trinajstić information content (AvgIpc) is 3.77. The van der Waals surface area contributed by atoms with Gasteiger partial charge in [-0.15, -0.1) is 0 Å². The van der Waals surface area contributed by atoms with Crippen LogP contribution in [-0.2, 0) is 0 Å². The van der Waals surface area contributed by atoms with Crippen molar-refractivity contribution in [1.29, 1.82) is 0 Å². The molecule has 9 aromatic rings. The van der Waals surface area contributed by atoms with Gasteiger partial charge in [-0.1, -0.05) is 139 Å². The zero-order valence-electron chi connectivity index (χ0n) is 50.4. The van der Waals surface area contributed by atoms with E-state index in [1.165, 1.54) is 0 Å². The fraction of sp³-hybridized carbons (Fsp3) is 0. The predicted molar refractivity (Wildman–Crippen MR) is 190 cm³/mol. The van der Waals surface area contributed by atoms with Gasteiger partial charge in [0.15, 0.2) is 0 Å². The van der Waals surface area contributed by atoms with Gasteiger partial charge in [-0.05, 0) is 96.3 Å². The Morgan fingerprint density at radius 3 is 1.36 bits per heavy atom. The first-order valence-corrected chi connectivity index (χ1v) is 13.2. The molecule has 210 valence electrons. The Morgan fingerprint density at radius 2 is 0.756 bits per heavy atom. The zero-order valence-corrected chi connectivity index (χ0v) is 22.4. The molecule has 1 aromatic heterocycles. The molecule has 1 nitrogen and oxygen atoms in total. The first-order chi connectivity index (χ1) is 34.0. The fourth-order valence-electron chi connectivity index (χ4n) is 5.11. The second kappa shape index (κ2) is 10.4. The number of rotatable bonds is 4. The molecule has 0 N–H and O–H groups in total. The molecule has 9 rings (SSSR count). The summed E-state index contributed by atoms with van der Waals surface area (Å²) in [7, 11) is 0. The van der Waals surface area contributed by atoms with E-state index in [9.17, 15) is 15.1 Å². The molecule has 0 saturated heterocycles. The van der Waals surface area contributed by atoms with Crippen LogP contribution in [0.1, 0.15) is 38.4 Å². The molecule has 0 fully saturated rings. The van der Waals surface area contributed by atoms with Crippen LogP contribution < -0.4 is 0 Å². The highest BCUT2D eigenvalue weighted by Gasteiger charge is 2.18. The molecule has 0 amide bonds. The van der Waals surface area contributed by atoms with Crippen LogP contribution in [0.25, 0.3) is 88.0 Å². The summed E-state index contributed by atoms with van der Waals surface area (Å²) < 4.78 is 255. The van der Waals surface area contributed by atoms with Crippen molar-refractivity contribution in [3.63, 3.8) is 0 Å². The van der Waals surface area contributed by atoms with Crippen LogP contribution in [0.3, 0.4) is 0 Å². The fourth-order valence-corrected chi connectivity index (χ4v) is 5.11. The average molecular weight is 601 g/mol. The van der Waals surface area contributed by atoms with Gasteiger partial charge in [0.2, 0.25) is 0 Å². The number of benzene rings is 8. The van der Waals surface area contributed by atoms with Crippen LogP contribution in [0.4, 0.5) is 0 Å². The number of hydrogen-bond acceptors (Lipinski definition) is 1. The Kier molecular flexibility index (Phi) is 2.32. The lowest BCUT2D eigenvalue weighted by molar-refractivity contribution is 0.669. The van der Waals surface area contributed by atoms with E-state index in [1.807, 2.05) is 0 Å². The number of hydrogen-bond donors (Lipinski definition) is 0. The van der Waals surface area contributed by atoms with E-state index < -0.39 is 257 Å². The maximum absolute atomic E-state index is 9.79. The maximum Gasteiger partial charge on any atom is 0.136 e. The first-order valence-electron chi connectivity index (χ1n) is 27.2. The van der Waals surface area contributed by atoms with Crippen LogP contribution in [0, 0.1) is 0 Å². The summed E-state index contributed by atoms with van der Waals surface area (Å²) >= 11 is 0. The lowest BCUT2D eigenvalue weighted by Gasteiger charge is -2.18. The molecule has 0 bridgehead atoms. The van der Waals surface area contributed by atoms with Crippen molar-refractivity contribution in [2.45, 2.75) is 0 Å². The maximum atomic E-state index is 9.79. The lowest BCUT2D eigenvalue weighted by atomic mass is 9.85. The van der Waals surface area contributed by atoms with E-state index in [-0.39, 0.29) is 0 Å². The minimum Gasteiger partial charge on any atom is -0.456 e. The zero-order chi connectivity index (χ0) is 54.1. The molecule has 0 saturated carbocycles. The standard InChI is InChI=1S/C44H28O/c1-3-12-29(13-4-1)31-16-11-17-33(26-31)43-36-18-7-9-20-38(36)44(39-21-10-8-19-37(39)43)34-23-25-41-40(27-34)35-24-22-32(28-42(35)45-41)30-14-5-2-6-15-30/h1-28H/i1D,2D,3D,4D,5D,6D,7D,8D,9D,10D,11D,12D,13D,14D,15D,16D,17D,18D,19D,20D,21D,22D,23D,24D,25D,26D,27D,28D. The van der Waals surface area contributed by atoms with Crippen molar-refractivity contribution in [3.8, 4) is 44.5 Å². The van der Waals surface area contributed by atoms with E-state index in [0.717, 1.165) is 0 Å². The Morgan fingerprint density at radius 1 is 0.289 bits per heavy atom. The molecule has 1 heterocycles. The van der Waals surface area contributed by atoms with Crippen LogP contribution in [0.2, 0.25) is 0 Å². The van der Waals surface area contributed by atoms with E-state index in [4.69, 9.17) is 27.7 Å². The SMILES string of the molecule is [2H]c1c([2H])c([2H])c(-c2c([2H])c([2H])c([2H])c(-c3c4c([2H])c([2H])c([2H])c([2H])c4c(-c4c([2H])c([2H])c5oc6c([2H])c(-c7c([2H])c([2H])c([2H])c([2H])c7[2H])c([2H])c([2H])c6c5c4[2H])c4c([2H])c([2H])c([2H])c([2H])c34)c2[2H])c([2H])c1[2H]. The molecule has 8 aromatic carbocycles. The molecule has 0 radical (unpaired) electrons. The van der Waals surface area contributed by atoms with Crippen molar-refractivity contribution < 1.29 is 42.8 Å². The third-order valence-corrected chi connectivity index (χ3v) is 7.01. The molecular weight excluding hydrogens is 544 g/mol. The van der Waals surface area contributed by atoms with Crippen LogP contribution >= 0.6 is 0 Å². The van der Waals surface area contributed by atoms with Gasteiger partial charge in [0.1, 0.15) is 11.2 Å². The van der Waals surface area contributed by atoms with Crippen molar-refractivity contribution in [3.05, 3.63) is 169 Å². The Hall–Kier alpha value is -5.92. The minimum absolute atomic E-state index is 0.550. The van der Waals surface area contributed by atoms with Gasteiger partial charge in [-0.25, -0.2) is 0 Å².